The smallest absolute Gasteiger partial charge is 0.319 e. The molecule has 1 N–H and O–H groups in total. The van der Waals surface area contributed by atoms with E-state index in [-0.39, 0.29) is 55.7 Å². The summed E-state index contributed by atoms with van der Waals surface area (Å²) in [7, 11) is 0. The molecule has 258 valence electrons. The molecule has 6 aliphatic heterocycles. The summed E-state index contributed by atoms with van der Waals surface area (Å²) in [5.41, 5.74) is 1.22. The van der Waals surface area contributed by atoms with Gasteiger partial charge in [0, 0.05) is 60.6 Å². The van der Waals surface area contributed by atoms with Crippen molar-refractivity contribution in [1.82, 2.24) is 34.9 Å². The Kier molecular flexibility index (Phi) is 7.25. The molecule has 0 aliphatic carbocycles. The molecular formula is C34H35ClF4N8O2. The lowest BCUT2D eigenvalue weighted by atomic mass is 9.89. The van der Waals surface area contributed by atoms with Crippen LogP contribution in [0, 0.1) is 11.7 Å². The molecule has 10 nitrogen and oxygen atoms in total. The highest BCUT2D eigenvalue weighted by atomic mass is 35.5. The summed E-state index contributed by atoms with van der Waals surface area (Å²) >= 11 is 6.80. The summed E-state index contributed by atoms with van der Waals surface area (Å²) < 4.78 is 68.6. The monoisotopic (exact) mass is 698 g/mol. The Balaban J connectivity index is 1.21. The van der Waals surface area contributed by atoms with Crippen LogP contribution in [0.5, 0.6) is 6.01 Å². The molecule has 0 saturated carbocycles. The van der Waals surface area contributed by atoms with E-state index in [1.54, 1.807) is 12.3 Å². The number of benzene rings is 1. The van der Waals surface area contributed by atoms with Crippen LogP contribution in [0.15, 0.2) is 18.5 Å². The molecule has 1 aromatic carbocycles. The number of carbonyl (C=O) groups is 1. The highest BCUT2D eigenvalue weighted by Gasteiger charge is 2.57. The number of pyridine rings is 1. The van der Waals surface area contributed by atoms with Crippen LogP contribution in [-0.4, -0.2) is 104 Å². The number of halogens is 5. The molecule has 3 aromatic heterocycles. The van der Waals surface area contributed by atoms with Gasteiger partial charge in [-0.15, -0.1) is 0 Å². The molecule has 0 radical (unpaired) electrons. The molecule has 0 spiro atoms. The minimum atomic E-state index is -3.02. The highest BCUT2D eigenvalue weighted by molar-refractivity contribution is 6.33. The second kappa shape index (κ2) is 11.4. The van der Waals surface area contributed by atoms with E-state index in [0.29, 0.717) is 70.5 Å². The van der Waals surface area contributed by atoms with Gasteiger partial charge < -0.3 is 14.5 Å². The predicted octanol–water partition coefficient (Wildman–Crippen LogP) is 5.71. The van der Waals surface area contributed by atoms with Crippen LogP contribution in [-0.2, 0) is 11.2 Å². The third-order valence-electron chi connectivity index (χ3n) is 11.5. The molecule has 6 bridgehead atoms. The van der Waals surface area contributed by atoms with Gasteiger partial charge in [0.1, 0.15) is 29.8 Å². The van der Waals surface area contributed by atoms with Crippen molar-refractivity contribution in [3.63, 3.8) is 0 Å². The molecule has 9 heterocycles. The Hall–Kier alpha value is -3.78. The number of amides is 1. The normalized spacial score (nSPS) is 28.3. The van der Waals surface area contributed by atoms with E-state index in [1.165, 1.54) is 11.1 Å². The van der Waals surface area contributed by atoms with E-state index < -0.39 is 42.0 Å². The number of aromatic nitrogens is 5. The molecule has 0 unspecified atom stereocenters. The van der Waals surface area contributed by atoms with Crippen LogP contribution in [0.4, 0.5) is 23.4 Å². The van der Waals surface area contributed by atoms with Crippen molar-refractivity contribution in [1.29, 1.82) is 0 Å². The number of nitrogens with zero attached hydrogens (tertiary/aromatic N) is 7. The minimum Gasteiger partial charge on any atom is -0.461 e. The van der Waals surface area contributed by atoms with Crippen LogP contribution in [0.1, 0.15) is 50.5 Å². The second-order valence-electron chi connectivity index (χ2n) is 14.3. The predicted molar refractivity (Wildman–Crippen MR) is 174 cm³/mol. The first-order valence-corrected chi connectivity index (χ1v) is 17.4. The van der Waals surface area contributed by atoms with Crippen molar-refractivity contribution < 1.29 is 27.1 Å². The van der Waals surface area contributed by atoms with Gasteiger partial charge >= 0.3 is 6.01 Å². The van der Waals surface area contributed by atoms with Gasteiger partial charge in [0.15, 0.2) is 5.82 Å². The third-order valence-corrected chi connectivity index (χ3v) is 11.8. The first kappa shape index (κ1) is 31.2. The number of anilines is 1. The first-order chi connectivity index (χ1) is 23.6. The summed E-state index contributed by atoms with van der Waals surface area (Å²) in [6.45, 7) is 0.925. The first-order valence-electron chi connectivity index (χ1n) is 17.1. The maximum Gasteiger partial charge on any atom is 0.319 e. The summed E-state index contributed by atoms with van der Waals surface area (Å²) in [6.07, 6.45) is 5.76. The zero-order valence-corrected chi connectivity index (χ0v) is 27.5. The fourth-order valence-electron chi connectivity index (χ4n) is 9.15. The van der Waals surface area contributed by atoms with Gasteiger partial charge in [-0.1, -0.05) is 11.6 Å². The Morgan fingerprint density at radius 2 is 1.94 bits per heavy atom. The van der Waals surface area contributed by atoms with Crippen molar-refractivity contribution in [2.45, 2.75) is 75.0 Å². The molecule has 6 aliphatic rings. The molecule has 4 aromatic rings. The molecule has 49 heavy (non-hydrogen) atoms. The Bertz CT molecular complexity index is 1990. The largest absolute Gasteiger partial charge is 0.461 e. The molecule has 4 atom stereocenters. The molecule has 15 heteroatoms. The quantitative estimate of drug-likeness (QED) is 0.272. The zero-order valence-electron chi connectivity index (χ0n) is 26.7. The van der Waals surface area contributed by atoms with Gasteiger partial charge in [0.05, 0.1) is 35.2 Å². The van der Waals surface area contributed by atoms with Gasteiger partial charge in [0.2, 0.25) is 5.91 Å². The zero-order chi connectivity index (χ0) is 33.7. The molecule has 4 fully saturated rings. The number of hydrogen-bond acceptors (Lipinski definition) is 8. The number of ether oxygens (including phenoxy) is 1. The van der Waals surface area contributed by atoms with E-state index in [4.69, 9.17) is 21.3 Å². The van der Waals surface area contributed by atoms with E-state index in [1.807, 2.05) is 4.90 Å². The number of alkyl halides is 3. The van der Waals surface area contributed by atoms with Gasteiger partial charge in [-0.25, -0.2) is 17.6 Å². The van der Waals surface area contributed by atoms with E-state index in [2.05, 4.69) is 25.1 Å². The average molecular weight is 699 g/mol. The Labute approximate surface area is 284 Å². The lowest BCUT2D eigenvalue weighted by Crippen LogP contribution is -2.51. The maximum atomic E-state index is 17.1. The lowest BCUT2D eigenvalue weighted by molar-refractivity contribution is -0.133. The number of rotatable bonds is 3. The standard InChI is InChI=1S/C34H35ClF4N8O2/c35-23-10-24-20(13-41-44-24)27-19(23)4-1-2-5-26(48)47-16-34(38,39)22-6-9-45(15-25(22)47)31-21-12-40-30(27)28(37)29(21)42-32(43-31)49-17-33-7-3-8-46(33)14-18(36)11-33/h10,12-13,18,22,25H,1-9,11,14-17H2,(H,41,44)/t18-,22-,25+,33+/m1/s1. The van der Waals surface area contributed by atoms with Crippen molar-refractivity contribution in [3.05, 3.63) is 34.9 Å². The van der Waals surface area contributed by atoms with Crippen molar-refractivity contribution >= 4 is 45.1 Å². The summed E-state index contributed by atoms with van der Waals surface area (Å²) in [4.78, 5) is 32.7. The minimum absolute atomic E-state index is 0.0344. The lowest BCUT2D eigenvalue weighted by Gasteiger charge is -2.39. The fourth-order valence-corrected chi connectivity index (χ4v) is 9.45. The van der Waals surface area contributed by atoms with E-state index in [9.17, 15) is 9.18 Å². The highest BCUT2D eigenvalue weighted by Crippen LogP contribution is 2.46. The van der Waals surface area contributed by atoms with Crippen molar-refractivity contribution in [2.75, 3.05) is 44.2 Å². The van der Waals surface area contributed by atoms with Crippen LogP contribution >= 0.6 is 11.6 Å². The van der Waals surface area contributed by atoms with Gasteiger partial charge in [-0.3, -0.25) is 19.8 Å². The van der Waals surface area contributed by atoms with E-state index >= 15 is 13.2 Å². The number of nitrogens with one attached hydrogen (secondary N) is 1. The molecule has 10 rings (SSSR count). The summed E-state index contributed by atoms with van der Waals surface area (Å²) in [5.74, 6) is -4.74. The number of H-pyrrole nitrogens is 1. The van der Waals surface area contributed by atoms with Gasteiger partial charge in [-0.2, -0.15) is 15.1 Å². The summed E-state index contributed by atoms with van der Waals surface area (Å²) in [6, 6.07) is 0.899. The molecule has 1 amide bonds. The van der Waals surface area contributed by atoms with Crippen LogP contribution < -0.4 is 9.64 Å². The van der Waals surface area contributed by atoms with Crippen LogP contribution in [0.2, 0.25) is 5.02 Å². The number of aromatic amines is 1. The Morgan fingerprint density at radius 3 is 2.82 bits per heavy atom. The number of carbonyl (C=O) groups excluding carboxylic acids is 1. The maximum absolute atomic E-state index is 17.1. The number of fused-ring (bicyclic) bond motifs is 7. The van der Waals surface area contributed by atoms with Crippen LogP contribution in [0.25, 0.3) is 33.1 Å². The van der Waals surface area contributed by atoms with E-state index in [0.717, 1.165) is 19.4 Å². The van der Waals surface area contributed by atoms with Crippen molar-refractivity contribution in [3.8, 4) is 17.3 Å². The van der Waals surface area contributed by atoms with Crippen LogP contribution in [0.3, 0.4) is 0 Å². The molecule has 4 saturated heterocycles. The summed E-state index contributed by atoms with van der Waals surface area (Å²) in [5, 5.41) is 8.39. The van der Waals surface area contributed by atoms with Crippen molar-refractivity contribution in [2.24, 2.45) is 5.92 Å². The van der Waals surface area contributed by atoms with Gasteiger partial charge in [-0.05, 0) is 56.7 Å². The third kappa shape index (κ3) is 4.95. The Morgan fingerprint density at radius 1 is 1.08 bits per heavy atom. The fraction of sp³-hybridized carbons (Fsp3) is 0.559. The SMILES string of the molecule is O=C1CCCCc2c(Cl)cc3[nH]ncc3c2-c2ncc3c(nc(OC[C@@]45CCCN4C[C@H](F)C5)nc3c2F)N2CC[C@@H]3[C@H](C2)N1CC3(F)F. The number of hydrogen-bond donors (Lipinski definition) is 1. The average Bonchev–Trinajstić information content (AvgIpc) is 3.83. The topological polar surface area (TPSA) is 103 Å². The molecular weight excluding hydrogens is 664 g/mol. The number of piperidine rings is 1. The van der Waals surface area contributed by atoms with Gasteiger partial charge in [0.25, 0.3) is 5.92 Å². The second-order valence-corrected chi connectivity index (χ2v) is 14.7.